The Kier molecular flexibility index (Phi) is 6.18. The molecule has 0 aliphatic carbocycles. The van der Waals surface area contributed by atoms with E-state index in [1.807, 2.05) is 18.2 Å². The maximum Gasteiger partial charge on any atom is 0.229 e. The van der Waals surface area contributed by atoms with Gasteiger partial charge in [0.15, 0.2) is 0 Å². The fourth-order valence-corrected chi connectivity index (χ4v) is 3.17. The van der Waals surface area contributed by atoms with E-state index < -0.39 is 0 Å². The number of nitrogens with one attached hydrogen (secondary N) is 1. The molecular formula is C17H27N3O. The predicted octanol–water partition coefficient (Wildman–Crippen LogP) is 2.57. The van der Waals surface area contributed by atoms with Gasteiger partial charge in [-0.15, -0.1) is 0 Å². The van der Waals surface area contributed by atoms with Crippen molar-refractivity contribution in [3.05, 3.63) is 30.1 Å². The maximum atomic E-state index is 12.5. The van der Waals surface area contributed by atoms with Gasteiger partial charge in [0.05, 0.1) is 11.6 Å². The third-order valence-electron chi connectivity index (χ3n) is 4.36. The number of rotatable bonds is 7. The van der Waals surface area contributed by atoms with Crippen molar-refractivity contribution in [1.82, 2.24) is 15.2 Å². The lowest BCUT2D eigenvalue weighted by atomic mass is 9.98. The molecule has 0 saturated carbocycles. The first-order valence-electron chi connectivity index (χ1n) is 8.19. The van der Waals surface area contributed by atoms with Gasteiger partial charge < -0.3 is 5.32 Å². The van der Waals surface area contributed by atoms with Crippen LogP contribution in [0.4, 0.5) is 0 Å². The summed E-state index contributed by atoms with van der Waals surface area (Å²) in [6.07, 6.45) is 6.04. The predicted molar refractivity (Wildman–Crippen MR) is 85.2 cm³/mol. The molecule has 4 heteroatoms. The number of nitrogens with zero attached hydrogens (tertiary/aromatic N) is 2. The van der Waals surface area contributed by atoms with Crippen LogP contribution in [0.3, 0.4) is 0 Å². The summed E-state index contributed by atoms with van der Waals surface area (Å²) in [5, 5.41) is 3.15. The normalized spacial score (nSPS) is 20.4. The van der Waals surface area contributed by atoms with Crippen LogP contribution in [0.5, 0.6) is 0 Å². The summed E-state index contributed by atoms with van der Waals surface area (Å²) in [4.78, 5) is 19.3. The minimum Gasteiger partial charge on any atom is -0.354 e. The molecule has 1 N–H and O–H groups in total. The van der Waals surface area contributed by atoms with E-state index in [-0.39, 0.29) is 11.8 Å². The number of carbonyl (C=O) groups is 1. The molecule has 1 fully saturated rings. The number of amides is 1. The summed E-state index contributed by atoms with van der Waals surface area (Å²) in [5.74, 6) is 0.00572. The lowest BCUT2D eigenvalue weighted by molar-refractivity contribution is -0.123. The van der Waals surface area contributed by atoms with Crippen molar-refractivity contribution in [1.29, 1.82) is 0 Å². The molecular weight excluding hydrogens is 262 g/mol. The summed E-state index contributed by atoms with van der Waals surface area (Å²) in [5.41, 5.74) is 0.885. The van der Waals surface area contributed by atoms with Crippen LogP contribution in [0.15, 0.2) is 24.4 Å². The zero-order valence-electron chi connectivity index (χ0n) is 13.2. The van der Waals surface area contributed by atoms with Crippen molar-refractivity contribution in [2.45, 2.75) is 51.5 Å². The average Bonchev–Trinajstić information content (AvgIpc) is 2.98. The lowest BCUT2D eigenvalue weighted by Gasteiger charge is -2.24. The Morgan fingerprint density at radius 2 is 2.33 bits per heavy atom. The van der Waals surface area contributed by atoms with Crippen molar-refractivity contribution in [2.75, 3.05) is 19.6 Å². The Labute approximate surface area is 127 Å². The molecule has 116 valence electrons. The Hall–Kier alpha value is -1.42. The van der Waals surface area contributed by atoms with Gasteiger partial charge in [0.2, 0.25) is 5.91 Å². The van der Waals surface area contributed by atoms with Gasteiger partial charge in [-0.1, -0.05) is 26.3 Å². The van der Waals surface area contributed by atoms with Gasteiger partial charge in [-0.25, -0.2) is 0 Å². The molecule has 4 nitrogen and oxygen atoms in total. The second-order valence-electron chi connectivity index (χ2n) is 5.77. The van der Waals surface area contributed by atoms with Gasteiger partial charge in [-0.3, -0.25) is 14.7 Å². The summed E-state index contributed by atoms with van der Waals surface area (Å²) >= 11 is 0. The highest BCUT2D eigenvalue weighted by atomic mass is 16.1. The van der Waals surface area contributed by atoms with Gasteiger partial charge in [-0.05, 0) is 44.5 Å². The van der Waals surface area contributed by atoms with Crippen molar-refractivity contribution < 1.29 is 4.79 Å². The third-order valence-corrected chi connectivity index (χ3v) is 4.36. The highest BCUT2D eigenvalue weighted by Crippen LogP contribution is 2.20. The minimum atomic E-state index is -0.118. The molecule has 0 radical (unpaired) electrons. The first kappa shape index (κ1) is 16.0. The van der Waals surface area contributed by atoms with Gasteiger partial charge in [-0.2, -0.15) is 0 Å². The van der Waals surface area contributed by atoms with E-state index in [0.717, 1.165) is 38.2 Å². The molecule has 2 atom stereocenters. The molecule has 1 amide bonds. The second-order valence-corrected chi connectivity index (χ2v) is 5.77. The summed E-state index contributed by atoms with van der Waals surface area (Å²) < 4.78 is 0. The molecule has 1 saturated heterocycles. The monoisotopic (exact) mass is 289 g/mol. The molecule has 21 heavy (non-hydrogen) atoms. The molecule has 0 aromatic carbocycles. The molecule has 0 unspecified atom stereocenters. The highest BCUT2D eigenvalue weighted by molar-refractivity contribution is 5.83. The van der Waals surface area contributed by atoms with Crippen molar-refractivity contribution in [3.63, 3.8) is 0 Å². The van der Waals surface area contributed by atoms with E-state index >= 15 is 0 Å². The Balaban J connectivity index is 1.93. The van der Waals surface area contributed by atoms with Crippen LogP contribution in [0.1, 0.15) is 51.1 Å². The average molecular weight is 289 g/mol. The lowest BCUT2D eigenvalue weighted by Crippen LogP contribution is -2.41. The van der Waals surface area contributed by atoms with Crippen LogP contribution in [-0.4, -0.2) is 41.5 Å². The van der Waals surface area contributed by atoms with Crippen molar-refractivity contribution in [3.8, 4) is 0 Å². The van der Waals surface area contributed by atoms with Crippen LogP contribution in [0.25, 0.3) is 0 Å². The van der Waals surface area contributed by atoms with Crippen LogP contribution < -0.4 is 5.32 Å². The van der Waals surface area contributed by atoms with E-state index in [4.69, 9.17) is 0 Å². The first-order chi connectivity index (χ1) is 10.3. The van der Waals surface area contributed by atoms with Crippen LogP contribution in [0.2, 0.25) is 0 Å². The number of aromatic nitrogens is 1. The quantitative estimate of drug-likeness (QED) is 0.839. The molecule has 1 aromatic heterocycles. The van der Waals surface area contributed by atoms with Gasteiger partial charge >= 0.3 is 0 Å². The molecule has 0 spiro atoms. The number of likely N-dealkylation sites (N-methyl/N-ethyl adjacent to an activating group) is 1. The molecule has 1 aliphatic heterocycles. The van der Waals surface area contributed by atoms with E-state index in [1.165, 1.54) is 12.8 Å². The summed E-state index contributed by atoms with van der Waals surface area (Å²) in [6.45, 7) is 7.29. The standard InChI is InChI=1S/C17H27N3O/c1-3-8-15(16-10-5-6-11-18-16)17(21)19-13-14-9-7-12-20(14)4-2/h5-6,10-11,14-15H,3-4,7-9,12-13H2,1-2H3,(H,19,21)/t14-,15-/m0/s1. The largest absolute Gasteiger partial charge is 0.354 e. The van der Waals surface area contributed by atoms with E-state index in [2.05, 4.69) is 29.0 Å². The fourth-order valence-electron chi connectivity index (χ4n) is 3.17. The number of hydrogen-bond acceptors (Lipinski definition) is 3. The molecule has 2 heterocycles. The fraction of sp³-hybridized carbons (Fsp3) is 0.647. The van der Waals surface area contributed by atoms with E-state index in [9.17, 15) is 4.79 Å². The number of hydrogen-bond donors (Lipinski definition) is 1. The molecule has 2 rings (SSSR count). The SMILES string of the molecule is CCC[C@H](C(=O)NC[C@@H]1CCCN1CC)c1ccccn1. The Morgan fingerprint density at radius 1 is 1.48 bits per heavy atom. The molecule has 1 aromatic rings. The zero-order chi connectivity index (χ0) is 15.1. The maximum absolute atomic E-state index is 12.5. The van der Waals surface area contributed by atoms with Crippen LogP contribution in [0, 0.1) is 0 Å². The first-order valence-corrected chi connectivity index (χ1v) is 8.19. The van der Waals surface area contributed by atoms with Gasteiger partial charge in [0, 0.05) is 18.8 Å². The topological polar surface area (TPSA) is 45.2 Å². The second kappa shape index (κ2) is 8.13. The molecule has 1 aliphatic rings. The van der Waals surface area contributed by atoms with Gasteiger partial charge in [0.25, 0.3) is 0 Å². The summed E-state index contributed by atoms with van der Waals surface area (Å²) in [7, 11) is 0. The van der Waals surface area contributed by atoms with Crippen molar-refractivity contribution >= 4 is 5.91 Å². The molecule has 0 bridgehead atoms. The third kappa shape index (κ3) is 4.27. The minimum absolute atomic E-state index is 0.118. The van der Waals surface area contributed by atoms with E-state index in [1.54, 1.807) is 6.20 Å². The number of pyridine rings is 1. The van der Waals surface area contributed by atoms with Crippen LogP contribution >= 0.6 is 0 Å². The zero-order valence-corrected chi connectivity index (χ0v) is 13.2. The Bertz CT molecular complexity index is 435. The van der Waals surface area contributed by atoms with Gasteiger partial charge in [0.1, 0.15) is 0 Å². The van der Waals surface area contributed by atoms with E-state index in [0.29, 0.717) is 6.04 Å². The smallest absolute Gasteiger partial charge is 0.229 e. The summed E-state index contributed by atoms with van der Waals surface area (Å²) in [6, 6.07) is 6.30. The Morgan fingerprint density at radius 3 is 3.00 bits per heavy atom. The number of carbonyl (C=O) groups excluding carboxylic acids is 1. The van der Waals surface area contributed by atoms with Crippen molar-refractivity contribution in [2.24, 2.45) is 0 Å². The highest BCUT2D eigenvalue weighted by Gasteiger charge is 2.25. The number of likely N-dealkylation sites (tertiary alicyclic amines) is 1. The van der Waals surface area contributed by atoms with Crippen LogP contribution in [-0.2, 0) is 4.79 Å².